The van der Waals surface area contributed by atoms with E-state index >= 15 is 0 Å². The summed E-state index contributed by atoms with van der Waals surface area (Å²) >= 11 is 0. The van der Waals surface area contributed by atoms with Crippen LogP contribution < -0.4 is 5.73 Å². The Morgan fingerprint density at radius 2 is 2.22 bits per heavy atom. The summed E-state index contributed by atoms with van der Waals surface area (Å²) in [5, 5.41) is 11.7. The molecule has 6 nitrogen and oxygen atoms in total. The first-order chi connectivity index (χ1) is 8.74. The average molecular weight is 247 g/mol. The van der Waals surface area contributed by atoms with Crippen LogP contribution in [0.15, 0.2) is 18.2 Å². The van der Waals surface area contributed by atoms with Gasteiger partial charge >= 0.3 is 0 Å². The van der Waals surface area contributed by atoms with Gasteiger partial charge in [-0.25, -0.2) is 4.68 Å². The van der Waals surface area contributed by atoms with Gasteiger partial charge in [0.15, 0.2) is 5.82 Å². The standard InChI is InChI=1S/C12H17N5O/c1-3-18-8-7-17-12(14-15-16-17)10-6-4-5-9(2)11(10)13/h4-6H,3,7-8,13H2,1-2H3. The topological polar surface area (TPSA) is 78.8 Å². The van der Waals surface area contributed by atoms with Crippen molar-refractivity contribution in [1.29, 1.82) is 0 Å². The van der Waals surface area contributed by atoms with Crippen LogP contribution in [-0.2, 0) is 11.3 Å². The van der Waals surface area contributed by atoms with E-state index in [2.05, 4.69) is 15.5 Å². The summed E-state index contributed by atoms with van der Waals surface area (Å²) in [7, 11) is 0. The van der Waals surface area contributed by atoms with Crippen molar-refractivity contribution < 1.29 is 4.74 Å². The number of anilines is 1. The smallest absolute Gasteiger partial charge is 0.184 e. The number of hydrogen-bond donors (Lipinski definition) is 1. The zero-order chi connectivity index (χ0) is 13.0. The molecule has 2 rings (SSSR count). The lowest BCUT2D eigenvalue weighted by Gasteiger charge is -2.08. The van der Waals surface area contributed by atoms with E-state index < -0.39 is 0 Å². The molecule has 2 aromatic rings. The molecule has 0 saturated heterocycles. The number of benzene rings is 1. The summed E-state index contributed by atoms with van der Waals surface area (Å²) in [6.45, 7) is 5.81. The van der Waals surface area contributed by atoms with Crippen LogP contribution in [0.2, 0.25) is 0 Å². The van der Waals surface area contributed by atoms with E-state index in [-0.39, 0.29) is 0 Å². The molecule has 96 valence electrons. The molecule has 0 saturated carbocycles. The van der Waals surface area contributed by atoms with Gasteiger partial charge in [0.2, 0.25) is 0 Å². The lowest BCUT2D eigenvalue weighted by atomic mass is 10.1. The van der Waals surface area contributed by atoms with Crippen molar-refractivity contribution in [3.63, 3.8) is 0 Å². The second-order valence-electron chi connectivity index (χ2n) is 3.96. The fraction of sp³-hybridized carbons (Fsp3) is 0.417. The lowest BCUT2D eigenvalue weighted by molar-refractivity contribution is 0.136. The number of aromatic nitrogens is 4. The van der Waals surface area contributed by atoms with Crippen LogP contribution >= 0.6 is 0 Å². The van der Waals surface area contributed by atoms with E-state index in [0.29, 0.717) is 31.3 Å². The van der Waals surface area contributed by atoms with Crippen molar-refractivity contribution in [2.45, 2.75) is 20.4 Å². The molecule has 0 bridgehead atoms. The van der Waals surface area contributed by atoms with Gasteiger partial charge < -0.3 is 10.5 Å². The largest absolute Gasteiger partial charge is 0.398 e. The maximum Gasteiger partial charge on any atom is 0.184 e. The van der Waals surface area contributed by atoms with E-state index in [1.807, 2.05) is 32.0 Å². The highest BCUT2D eigenvalue weighted by molar-refractivity contribution is 5.73. The van der Waals surface area contributed by atoms with Crippen molar-refractivity contribution >= 4 is 5.69 Å². The second-order valence-corrected chi connectivity index (χ2v) is 3.96. The lowest BCUT2D eigenvalue weighted by Crippen LogP contribution is -2.10. The molecular weight excluding hydrogens is 230 g/mol. The fourth-order valence-corrected chi connectivity index (χ4v) is 1.72. The number of tetrazole rings is 1. The number of nitrogens with zero attached hydrogens (tertiary/aromatic N) is 4. The summed E-state index contributed by atoms with van der Waals surface area (Å²) < 4.78 is 7.01. The van der Waals surface area contributed by atoms with Crippen molar-refractivity contribution in [3.05, 3.63) is 23.8 Å². The number of nitrogen functional groups attached to an aromatic ring is 1. The first-order valence-corrected chi connectivity index (χ1v) is 5.93. The van der Waals surface area contributed by atoms with Gasteiger partial charge in [-0.05, 0) is 35.9 Å². The van der Waals surface area contributed by atoms with Gasteiger partial charge in [-0.15, -0.1) is 5.10 Å². The fourth-order valence-electron chi connectivity index (χ4n) is 1.72. The Hall–Kier alpha value is -1.95. The number of ether oxygens (including phenoxy) is 1. The van der Waals surface area contributed by atoms with Crippen LogP contribution in [0.1, 0.15) is 12.5 Å². The van der Waals surface area contributed by atoms with Gasteiger partial charge in [0.25, 0.3) is 0 Å². The molecular formula is C12H17N5O. The van der Waals surface area contributed by atoms with Crippen molar-refractivity contribution in [1.82, 2.24) is 20.2 Å². The van der Waals surface area contributed by atoms with E-state index in [1.54, 1.807) is 4.68 Å². The van der Waals surface area contributed by atoms with Gasteiger partial charge in [0, 0.05) is 17.9 Å². The molecule has 0 aliphatic rings. The molecule has 1 aromatic carbocycles. The molecule has 0 atom stereocenters. The zero-order valence-corrected chi connectivity index (χ0v) is 10.6. The van der Waals surface area contributed by atoms with E-state index in [4.69, 9.17) is 10.5 Å². The Balaban J connectivity index is 2.28. The molecule has 2 N–H and O–H groups in total. The minimum absolute atomic E-state index is 0.584. The van der Waals surface area contributed by atoms with Crippen LogP contribution in [0.25, 0.3) is 11.4 Å². The molecule has 0 unspecified atom stereocenters. The van der Waals surface area contributed by atoms with Crippen LogP contribution in [0.5, 0.6) is 0 Å². The Morgan fingerprint density at radius 3 is 3.00 bits per heavy atom. The molecule has 18 heavy (non-hydrogen) atoms. The van der Waals surface area contributed by atoms with E-state index in [1.165, 1.54) is 0 Å². The maximum absolute atomic E-state index is 6.06. The Labute approximate surface area is 106 Å². The zero-order valence-electron chi connectivity index (χ0n) is 10.6. The number of rotatable bonds is 5. The Morgan fingerprint density at radius 1 is 1.39 bits per heavy atom. The molecule has 1 heterocycles. The highest BCUT2D eigenvalue weighted by Crippen LogP contribution is 2.25. The molecule has 0 aliphatic heterocycles. The highest BCUT2D eigenvalue weighted by Gasteiger charge is 2.12. The minimum atomic E-state index is 0.584. The van der Waals surface area contributed by atoms with Crippen LogP contribution in [0, 0.1) is 6.92 Å². The third-order valence-electron chi connectivity index (χ3n) is 2.75. The molecule has 6 heteroatoms. The van der Waals surface area contributed by atoms with Crippen molar-refractivity contribution in [2.75, 3.05) is 18.9 Å². The summed E-state index contributed by atoms with van der Waals surface area (Å²) in [5.74, 6) is 0.677. The second kappa shape index (κ2) is 5.59. The molecule has 0 fully saturated rings. The normalized spacial score (nSPS) is 10.8. The van der Waals surface area contributed by atoms with E-state index in [9.17, 15) is 0 Å². The number of nitrogens with two attached hydrogens (primary N) is 1. The number of para-hydroxylation sites is 1. The number of hydrogen-bond acceptors (Lipinski definition) is 5. The SMILES string of the molecule is CCOCCn1nnnc1-c1cccc(C)c1N. The van der Waals surface area contributed by atoms with Gasteiger partial charge in [0.05, 0.1) is 13.2 Å². The summed E-state index contributed by atoms with van der Waals surface area (Å²) in [6, 6.07) is 5.83. The molecule has 0 aliphatic carbocycles. The van der Waals surface area contributed by atoms with Gasteiger partial charge in [-0.2, -0.15) is 0 Å². The first-order valence-electron chi connectivity index (χ1n) is 5.93. The van der Waals surface area contributed by atoms with Crippen molar-refractivity contribution in [3.8, 4) is 11.4 Å². The molecule has 1 aromatic heterocycles. The van der Waals surface area contributed by atoms with Crippen LogP contribution in [0.4, 0.5) is 5.69 Å². The first kappa shape index (κ1) is 12.5. The monoisotopic (exact) mass is 247 g/mol. The predicted octanol–water partition coefficient (Wildman–Crippen LogP) is 1.27. The summed E-state index contributed by atoms with van der Waals surface area (Å²) in [4.78, 5) is 0. The quantitative estimate of drug-likeness (QED) is 0.635. The van der Waals surface area contributed by atoms with Crippen LogP contribution in [0.3, 0.4) is 0 Å². The summed E-state index contributed by atoms with van der Waals surface area (Å²) in [5.41, 5.74) is 8.65. The Kier molecular flexibility index (Phi) is 3.88. The average Bonchev–Trinajstić information content (AvgIpc) is 2.81. The molecule has 0 radical (unpaired) electrons. The van der Waals surface area contributed by atoms with Crippen molar-refractivity contribution in [2.24, 2.45) is 0 Å². The predicted molar refractivity (Wildman–Crippen MR) is 68.9 cm³/mol. The highest BCUT2D eigenvalue weighted by atomic mass is 16.5. The van der Waals surface area contributed by atoms with E-state index in [0.717, 1.165) is 11.1 Å². The van der Waals surface area contributed by atoms with Gasteiger partial charge in [0.1, 0.15) is 0 Å². The third kappa shape index (κ3) is 2.48. The Bertz CT molecular complexity index is 523. The summed E-state index contributed by atoms with van der Waals surface area (Å²) in [6.07, 6.45) is 0. The third-order valence-corrected chi connectivity index (χ3v) is 2.75. The maximum atomic E-state index is 6.06. The number of aryl methyl sites for hydroxylation is 1. The molecule has 0 amide bonds. The van der Waals surface area contributed by atoms with Gasteiger partial charge in [-0.3, -0.25) is 0 Å². The van der Waals surface area contributed by atoms with Crippen LogP contribution in [-0.4, -0.2) is 33.4 Å². The molecule has 0 spiro atoms. The van der Waals surface area contributed by atoms with Gasteiger partial charge in [-0.1, -0.05) is 12.1 Å². The minimum Gasteiger partial charge on any atom is -0.398 e.